The molecule has 1 aromatic heterocycles. The average Bonchev–Trinajstić information content (AvgIpc) is 2.92. The number of likely N-dealkylation sites (tertiary alicyclic amines) is 1. The zero-order valence-corrected chi connectivity index (χ0v) is 13.4. The van der Waals surface area contributed by atoms with Crippen LogP contribution in [0.15, 0.2) is 18.2 Å². The van der Waals surface area contributed by atoms with Crippen molar-refractivity contribution >= 4 is 28.7 Å². The quantitative estimate of drug-likeness (QED) is 0.803. The maximum absolute atomic E-state index is 12.5. The van der Waals surface area contributed by atoms with Gasteiger partial charge in [-0.25, -0.2) is 0 Å². The van der Waals surface area contributed by atoms with E-state index in [2.05, 4.69) is 8.75 Å². The van der Waals surface area contributed by atoms with Crippen LogP contribution in [-0.2, 0) is 9.47 Å². The van der Waals surface area contributed by atoms with Gasteiger partial charge in [-0.05, 0) is 32.0 Å². The van der Waals surface area contributed by atoms with Crippen molar-refractivity contribution in [2.24, 2.45) is 5.41 Å². The molecule has 7 heteroatoms. The lowest BCUT2D eigenvalue weighted by Gasteiger charge is -2.54. The Morgan fingerprint density at radius 1 is 1.18 bits per heavy atom. The molecule has 0 saturated carbocycles. The van der Waals surface area contributed by atoms with Crippen molar-refractivity contribution in [2.75, 3.05) is 26.3 Å². The van der Waals surface area contributed by atoms with E-state index in [1.165, 1.54) is 0 Å². The summed E-state index contributed by atoms with van der Waals surface area (Å²) in [6, 6.07) is 5.47. The largest absolute Gasteiger partial charge is 0.350 e. The van der Waals surface area contributed by atoms with Crippen LogP contribution in [0.5, 0.6) is 0 Å². The first-order valence-electron chi connectivity index (χ1n) is 7.26. The van der Waals surface area contributed by atoms with Gasteiger partial charge in [0.1, 0.15) is 11.0 Å². The van der Waals surface area contributed by atoms with Gasteiger partial charge in [0.05, 0.1) is 30.4 Å². The summed E-state index contributed by atoms with van der Waals surface area (Å²) < 4.78 is 19.8. The second-order valence-electron chi connectivity index (χ2n) is 6.61. The van der Waals surface area contributed by atoms with E-state index >= 15 is 0 Å². The Bertz CT molecular complexity index is 724. The summed E-state index contributed by atoms with van der Waals surface area (Å²) in [5.74, 6) is -0.483. The molecule has 0 unspecified atom stereocenters. The first-order chi connectivity index (χ1) is 10.5. The summed E-state index contributed by atoms with van der Waals surface area (Å²) in [5, 5.41) is 0. The third-order valence-corrected chi connectivity index (χ3v) is 4.85. The number of rotatable bonds is 1. The minimum absolute atomic E-state index is 0.0327. The van der Waals surface area contributed by atoms with Gasteiger partial charge in [0.15, 0.2) is 5.79 Å². The monoisotopic (exact) mass is 319 g/mol. The Kier molecular flexibility index (Phi) is 3.01. The molecule has 0 aliphatic carbocycles. The van der Waals surface area contributed by atoms with E-state index in [1.807, 2.05) is 36.9 Å². The maximum atomic E-state index is 12.5. The lowest BCUT2D eigenvalue weighted by Crippen LogP contribution is -2.65. The molecule has 1 amide bonds. The molecule has 1 aromatic carbocycles. The zero-order chi connectivity index (χ0) is 15.4. The molecule has 6 nitrogen and oxygen atoms in total. The van der Waals surface area contributed by atoms with Gasteiger partial charge in [0, 0.05) is 18.7 Å². The fourth-order valence-electron chi connectivity index (χ4n) is 2.92. The van der Waals surface area contributed by atoms with E-state index in [9.17, 15) is 4.79 Å². The average molecular weight is 319 g/mol. The summed E-state index contributed by atoms with van der Waals surface area (Å²) in [6.45, 7) is 6.46. The van der Waals surface area contributed by atoms with Crippen molar-refractivity contribution in [3.8, 4) is 0 Å². The van der Waals surface area contributed by atoms with Crippen molar-refractivity contribution in [3.05, 3.63) is 23.8 Å². The normalized spacial score (nSPS) is 22.7. The molecule has 3 heterocycles. The number of carbonyl (C=O) groups is 1. The van der Waals surface area contributed by atoms with Crippen molar-refractivity contribution < 1.29 is 14.3 Å². The van der Waals surface area contributed by atoms with Crippen molar-refractivity contribution in [3.63, 3.8) is 0 Å². The van der Waals surface area contributed by atoms with Crippen LogP contribution < -0.4 is 0 Å². The molecule has 2 aliphatic heterocycles. The van der Waals surface area contributed by atoms with E-state index in [1.54, 1.807) is 0 Å². The van der Waals surface area contributed by atoms with Gasteiger partial charge >= 0.3 is 0 Å². The van der Waals surface area contributed by atoms with Crippen LogP contribution in [0.1, 0.15) is 24.2 Å². The van der Waals surface area contributed by atoms with E-state index in [0.29, 0.717) is 31.9 Å². The van der Waals surface area contributed by atoms with Gasteiger partial charge in [-0.15, -0.1) is 0 Å². The van der Waals surface area contributed by atoms with Gasteiger partial charge in [0.2, 0.25) is 0 Å². The lowest BCUT2D eigenvalue weighted by atomic mass is 9.80. The van der Waals surface area contributed by atoms with Crippen LogP contribution in [0, 0.1) is 5.41 Å². The fraction of sp³-hybridized carbons (Fsp3) is 0.533. The van der Waals surface area contributed by atoms with Crippen molar-refractivity contribution in [1.82, 2.24) is 13.6 Å². The van der Waals surface area contributed by atoms with Crippen LogP contribution in [0.25, 0.3) is 11.0 Å². The fourth-order valence-corrected chi connectivity index (χ4v) is 3.44. The molecule has 4 rings (SSSR count). The number of nitrogens with zero attached hydrogens (tertiary/aromatic N) is 3. The molecule has 0 atom stereocenters. The topological polar surface area (TPSA) is 64.6 Å². The van der Waals surface area contributed by atoms with Crippen molar-refractivity contribution in [2.45, 2.75) is 19.6 Å². The first-order valence-corrected chi connectivity index (χ1v) is 7.99. The highest BCUT2D eigenvalue weighted by molar-refractivity contribution is 7.00. The lowest BCUT2D eigenvalue weighted by molar-refractivity contribution is -0.301. The van der Waals surface area contributed by atoms with Crippen LogP contribution in [-0.4, -0.2) is 51.6 Å². The van der Waals surface area contributed by atoms with E-state index < -0.39 is 5.79 Å². The molecule has 1 spiro atoms. The van der Waals surface area contributed by atoms with Crippen LogP contribution in [0.4, 0.5) is 0 Å². The number of fused-ring (bicyclic) bond motifs is 1. The second-order valence-corrected chi connectivity index (χ2v) is 7.13. The molecule has 22 heavy (non-hydrogen) atoms. The molecule has 2 saturated heterocycles. The summed E-state index contributed by atoms with van der Waals surface area (Å²) >= 11 is 1.16. The minimum Gasteiger partial charge on any atom is -0.350 e. The maximum Gasteiger partial charge on any atom is 0.253 e. The Hall–Kier alpha value is -1.57. The van der Waals surface area contributed by atoms with E-state index in [0.717, 1.165) is 22.8 Å². The molecule has 0 N–H and O–H groups in total. The standard InChI is InChI=1S/C15H17N3O3S/c1-14(2)20-8-15(9-21-14)6-18(7-15)13(19)10-3-4-11-12(5-10)17-22-16-11/h3-5H,6-9H2,1-2H3. The number of hydrogen-bond donors (Lipinski definition) is 0. The van der Waals surface area contributed by atoms with Crippen LogP contribution >= 0.6 is 11.7 Å². The Morgan fingerprint density at radius 2 is 1.86 bits per heavy atom. The Balaban J connectivity index is 1.45. The van der Waals surface area contributed by atoms with Crippen LogP contribution in [0.3, 0.4) is 0 Å². The highest BCUT2D eigenvalue weighted by Gasteiger charge is 2.50. The molecular weight excluding hydrogens is 302 g/mol. The summed E-state index contributed by atoms with van der Waals surface area (Å²) in [6.07, 6.45) is 0. The number of ether oxygens (including phenoxy) is 2. The molecule has 0 radical (unpaired) electrons. The molecule has 2 aliphatic rings. The number of benzene rings is 1. The SMILES string of the molecule is CC1(C)OCC2(CO1)CN(C(=O)c1ccc3nsnc3c1)C2. The highest BCUT2D eigenvalue weighted by atomic mass is 32.1. The van der Waals surface area contributed by atoms with Crippen LogP contribution in [0.2, 0.25) is 0 Å². The molecule has 0 bridgehead atoms. The second kappa shape index (κ2) is 4.71. The van der Waals surface area contributed by atoms with Gasteiger partial charge in [-0.3, -0.25) is 4.79 Å². The number of carbonyl (C=O) groups excluding carboxylic acids is 1. The third kappa shape index (κ3) is 2.29. The number of amides is 1. The Morgan fingerprint density at radius 3 is 2.59 bits per heavy atom. The summed E-state index contributed by atoms with van der Waals surface area (Å²) in [5.41, 5.74) is 2.22. The van der Waals surface area contributed by atoms with E-state index in [-0.39, 0.29) is 11.3 Å². The van der Waals surface area contributed by atoms with Gasteiger partial charge in [0.25, 0.3) is 5.91 Å². The summed E-state index contributed by atoms with van der Waals surface area (Å²) in [7, 11) is 0. The molecule has 2 aromatic rings. The smallest absolute Gasteiger partial charge is 0.253 e. The third-order valence-electron chi connectivity index (χ3n) is 4.29. The molecular formula is C15H17N3O3S. The molecule has 116 valence electrons. The predicted octanol–water partition coefficient (Wildman–Crippen LogP) is 1.92. The van der Waals surface area contributed by atoms with Gasteiger partial charge in [-0.2, -0.15) is 8.75 Å². The van der Waals surface area contributed by atoms with E-state index in [4.69, 9.17) is 9.47 Å². The number of hydrogen-bond acceptors (Lipinski definition) is 6. The minimum atomic E-state index is -0.516. The Labute approximate surface area is 132 Å². The van der Waals surface area contributed by atoms with Gasteiger partial charge < -0.3 is 14.4 Å². The first kappa shape index (κ1) is 14.0. The highest BCUT2D eigenvalue weighted by Crippen LogP contribution is 2.38. The van der Waals surface area contributed by atoms with Gasteiger partial charge in [-0.1, -0.05) is 0 Å². The van der Waals surface area contributed by atoms with Crippen molar-refractivity contribution in [1.29, 1.82) is 0 Å². The number of aromatic nitrogens is 2. The summed E-state index contributed by atoms with van der Waals surface area (Å²) in [4.78, 5) is 14.4. The zero-order valence-electron chi connectivity index (χ0n) is 12.5. The predicted molar refractivity (Wildman–Crippen MR) is 81.7 cm³/mol. The molecule has 2 fully saturated rings.